The van der Waals surface area contributed by atoms with Gasteiger partial charge in [-0.05, 0) is 29.8 Å². The Hall–Kier alpha value is -3.09. The largest absolute Gasteiger partial charge is 0.306 e. The lowest BCUT2D eigenvalue weighted by Crippen LogP contribution is -2.11. The van der Waals surface area contributed by atoms with E-state index in [1.165, 1.54) is 11.3 Å². The molecule has 27 heavy (non-hydrogen) atoms. The molecule has 132 valence electrons. The average molecular weight is 393 g/mol. The molecule has 5 nitrogen and oxygen atoms in total. The molecule has 3 aromatic heterocycles. The van der Waals surface area contributed by atoms with Crippen molar-refractivity contribution in [1.29, 1.82) is 0 Å². The molecule has 4 aromatic rings. The van der Waals surface area contributed by atoms with Crippen LogP contribution in [0.1, 0.15) is 9.67 Å². The molecule has 0 saturated carbocycles. The van der Waals surface area contributed by atoms with Gasteiger partial charge in [-0.2, -0.15) is 0 Å². The number of benzene rings is 1. The molecule has 0 radical (unpaired) electrons. The minimum absolute atomic E-state index is 0.164. The third kappa shape index (κ3) is 3.86. The van der Waals surface area contributed by atoms with Crippen LogP contribution in [-0.4, -0.2) is 20.9 Å². The van der Waals surface area contributed by atoms with E-state index in [9.17, 15) is 4.79 Å². The topological polar surface area (TPSA) is 67.8 Å². The molecule has 0 atom stereocenters. The van der Waals surface area contributed by atoms with E-state index < -0.39 is 0 Å². The molecule has 0 aliphatic carbocycles. The van der Waals surface area contributed by atoms with E-state index in [-0.39, 0.29) is 11.1 Å². The van der Waals surface area contributed by atoms with E-state index in [2.05, 4.69) is 20.3 Å². The summed E-state index contributed by atoms with van der Waals surface area (Å²) in [6.07, 6.45) is 5.08. The fraction of sp³-hybridized carbons (Fsp3) is 0. The van der Waals surface area contributed by atoms with Gasteiger partial charge in [-0.3, -0.25) is 9.78 Å². The molecular weight excluding hydrogens is 380 g/mol. The molecule has 1 aromatic carbocycles. The monoisotopic (exact) mass is 392 g/mol. The third-order valence-corrected chi connectivity index (χ3v) is 5.30. The smallest absolute Gasteiger partial charge is 0.270 e. The predicted molar refractivity (Wildman–Crippen MR) is 108 cm³/mol. The second kappa shape index (κ2) is 7.65. The second-order valence-corrected chi connectivity index (χ2v) is 6.99. The molecule has 0 bridgehead atoms. The molecule has 0 spiro atoms. The summed E-state index contributed by atoms with van der Waals surface area (Å²) in [7, 11) is 0. The van der Waals surface area contributed by atoms with Gasteiger partial charge in [-0.25, -0.2) is 9.97 Å². The van der Waals surface area contributed by atoms with Crippen LogP contribution in [0.5, 0.6) is 0 Å². The van der Waals surface area contributed by atoms with Gasteiger partial charge in [-0.1, -0.05) is 41.9 Å². The molecule has 4 rings (SSSR count). The second-order valence-electron chi connectivity index (χ2n) is 5.63. The highest BCUT2D eigenvalue weighted by atomic mass is 35.5. The number of aromatic nitrogens is 3. The zero-order valence-electron chi connectivity index (χ0n) is 14.0. The first-order chi connectivity index (χ1) is 13.2. The molecule has 1 N–H and O–H groups in total. The highest BCUT2D eigenvalue weighted by Gasteiger charge is 2.18. The van der Waals surface area contributed by atoms with Crippen molar-refractivity contribution < 1.29 is 4.79 Å². The normalized spacial score (nSPS) is 10.6. The van der Waals surface area contributed by atoms with Crippen LogP contribution < -0.4 is 5.32 Å². The highest BCUT2D eigenvalue weighted by molar-refractivity contribution is 7.17. The van der Waals surface area contributed by atoms with Gasteiger partial charge >= 0.3 is 0 Å². The fourth-order valence-corrected chi connectivity index (χ4v) is 3.68. The summed E-state index contributed by atoms with van der Waals surface area (Å²) in [5.41, 5.74) is 2.85. The summed E-state index contributed by atoms with van der Waals surface area (Å²) < 4.78 is 0. The molecular formula is C20H13ClN4OS. The van der Waals surface area contributed by atoms with Crippen LogP contribution in [0.25, 0.3) is 21.7 Å². The van der Waals surface area contributed by atoms with E-state index in [0.717, 1.165) is 16.7 Å². The molecule has 0 aliphatic rings. The van der Waals surface area contributed by atoms with Gasteiger partial charge in [-0.15, -0.1) is 11.3 Å². The fourth-order valence-electron chi connectivity index (χ4n) is 2.50. The maximum Gasteiger partial charge on any atom is 0.270 e. The van der Waals surface area contributed by atoms with Gasteiger partial charge in [0.15, 0.2) is 5.15 Å². The average Bonchev–Trinajstić information content (AvgIpc) is 3.12. The molecule has 0 unspecified atom stereocenters. The van der Waals surface area contributed by atoms with Crippen LogP contribution in [0.3, 0.4) is 0 Å². The number of rotatable bonds is 4. The van der Waals surface area contributed by atoms with Crippen molar-refractivity contribution >= 4 is 34.7 Å². The van der Waals surface area contributed by atoms with Crippen LogP contribution in [0, 0.1) is 0 Å². The van der Waals surface area contributed by atoms with Crippen LogP contribution in [-0.2, 0) is 0 Å². The standard InChI is InChI=1S/C20H13ClN4OS/c21-18-17(27-20(25-18)15-7-4-10-22-11-15)19(26)24-16-9-8-14(12-23-16)13-5-2-1-3-6-13/h1-12H,(H,23,24,26). The Morgan fingerprint density at radius 3 is 2.44 bits per heavy atom. The van der Waals surface area contributed by atoms with Crippen molar-refractivity contribution in [3.8, 4) is 21.7 Å². The van der Waals surface area contributed by atoms with E-state index in [1.807, 2.05) is 48.5 Å². The number of hydrogen-bond donors (Lipinski definition) is 1. The van der Waals surface area contributed by atoms with Crippen molar-refractivity contribution in [1.82, 2.24) is 15.0 Å². The first kappa shape index (κ1) is 17.3. The number of halogens is 1. The van der Waals surface area contributed by atoms with Crippen molar-refractivity contribution in [2.24, 2.45) is 0 Å². The Morgan fingerprint density at radius 1 is 0.926 bits per heavy atom. The zero-order valence-corrected chi connectivity index (χ0v) is 15.5. The minimum Gasteiger partial charge on any atom is -0.306 e. The number of carbonyl (C=O) groups excluding carboxylic acids is 1. The minimum atomic E-state index is -0.340. The number of amides is 1. The van der Waals surface area contributed by atoms with E-state index in [0.29, 0.717) is 15.7 Å². The van der Waals surface area contributed by atoms with Crippen molar-refractivity contribution in [2.45, 2.75) is 0 Å². The number of nitrogens with zero attached hydrogens (tertiary/aromatic N) is 3. The number of anilines is 1. The summed E-state index contributed by atoms with van der Waals surface area (Å²) in [5.74, 6) is 0.111. The number of carbonyl (C=O) groups is 1. The van der Waals surface area contributed by atoms with Gasteiger partial charge < -0.3 is 5.32 Å². The molecule has 0 saturated heterocycles. The molecule has 0 fully saturated rings. The van der Waals surface area contributed by atoms with Crippen molar-refractivity contribution in [2.75, 3.05) is 5.32 Å². The lowest BCUT2D eigenvalue weighted by atomic mass is 10.1. The van der Waals surface area contributed by atoms with E-state index in [1.54, 1.807) is 24.7 Å². The lowest BCUT2D eigenvalue weighted by molar-refractivity contribution is 0.103. The van der Waals surface area contributed by atoms with E-state index >= 15 is 0 Å². The summed E-state index contributed by atoms with van der Waals surface area (Å²) in [4.78, 5) is 25.5. The third-order valence-electron chi connectivity index (χ3n) is 3.81. The van der Waals surface area contributed by atoms with Crippen molar-refractivity contribution in [3.05, 3.63) is 83.2 Å². The first-order valence-corrected chi connectivity index (χ1v) is 9.30. The summed E-state index contributed by atoms with van der Waals surface area (Å²) in [6.45, 7) is 0. The summed E-state index contributed by atoms with van der Waals surface area (Å²) >= 11 is 7.38. The maximum atomic E-state index is 12.6. The zero-order chi connectivity index (χ0) is 18.6. The van der Waals surface area contributed by atoms with Gasteiger partial charge in [0.05, 0.1) is 0 Å². The van der Waals surface area contributed by atoms with Gasteiger partial charge in [0.25, 0.3) is 5.91 Å². The quantitative estimate of drug-likeness (QED) is 0.520. The van der Waals surface area contributed by atoms with Crippen molar-refractivity contribution in [3.63, 3.8) is 0 Å². The Balaban J connectivity index is 1.52. The Labute approximate surface area is 164 Å². The Morgan fingerprint density at radius 2 is 1.74 bits per heavy atom. The van der Waals surface area contributed by atoms with Gasteiger partial charge in [0.1, 0.15) is 15.7 Å². The molecule has 3 heterocycles. The SMILES string of the molecule is O=C(Nc1ccc(-c2ccccc2)cn1)c1sc(-c2cccnc2)nc1Cl. The lowest BCUT2D eigenvalue weighted by Gasteiger charge is -2.05. The Kier molecular flexibility index (Phi) is 4.91. The number of thiazole rings is 1. The molecule has 1 amide bonds. The molecule has 7 heteroatoms. The first-order valence-electron chi connectivity index (χ1n) is 8.10. The van der Waals surface area contributed by atoms with Gasteiger partial charge in [0, 0.05) is 29.7 Å². The van der Waals surface area contributed by atoms with Crippen LogP contribution in [0.2, 0.25) is 5.15 Å². The van der Waals surface area contributed by atoms with Crippen LogP contribution >= 0.6 is 22.9 Å². The van der Waals surface area contributed by atoms with Crippen LogP contribution in [0.15, 0.2) is 73.2 Å². The predicted octanol–water partition coefficient (Wildman–Crippen LogP) is 5.17. The number of hydrogen-bond acceptors (Lipinski definition) is 5. The summed E-state index contributed by atoms with van der Waals surface area (Å²) in [5, 5.41) is 3.57. The van der Waals surface area contributed by atoms with Crippen LogP contribution in [0.4, 0.5) is 5.82 Å². The molecule has 0 aliphatic heterocycles. The van der Waals surface area contributed by atoms with E-state index in [4.69, 9.17) is 11.6 Å². The van der Waals surface area contributed by atoms with Gasteiger partial charge in [0.2, 0.25) is 0 Å². The highest BCUT2D eigenvalue weighted by Crippen LogP contribution is 2.31. The number of pyridine rings is 2. The maximum absolute atomic E-state index is 12.6. The number of nitrogens with one attached hydrogen (secondary N) is 1. The summed E-state index contributed by atoms with van der Waals surface area (Å²) in [6, 6.07) is 17.3. The Bertz CT molecular complexity index is 1070.